The fourth-order valence-electron chi connectivity index (χ4n) is 1.22. The van der Waals surface area contributed by atoms with E-state index in [1.165, 1.54) is 31.3 Å². The number of rotatable bonds is 4. The summed E-state index contributed by atoms with van der Waals surface area (Å²) in [6, 6.07) is 5.01. The second kappa shape index (κ2) is 6.06. The van der Waals surface area contributed by atoms with Gasteiger partial charge in [0.05, 0.1) is 4.90 Å². The molecule has 7 heteroatoms. The normalized spacial score (nSPS) is 11.1. The molecule has 0 radical (unpaired) electrons. The van der Waals surface area contributed by atoms with Crippen LogP contribution in [0.25, 0.3) is 0 Å². The van der Waals surface area contributed by atoms with E-state index in [-0.39, 0.29) is 4.90 Å². The summed E-state index contributed by atoms with van der Waals surface area (Å²) in [6.45, 7) is 2.31. The molecule has 0 fully saturated rings. The fraction of sp³-hybridized carbons (Fsp3) is 0.364. The van der Waals surface area contributed by atoms with Crippen LogP contribution in [-0.4, -0.2) is 32.3 Å². The minimum Gasteiger partial charge on any atom is -0.337 e. The Hall–Kier alpha value is -1.27. The van der Waals surface area contributed by atoms with Gasteiger partial charge in [-0.3, -0.25) is 0 Å². The number of halogens is 1. The average molecular weight is 291 g/mol. The molecule has 1 aromatic rings. The smallest absolute Gasteiger partial charge is 0.331 e. The van der Waals surface area contributed by atoms with Gasteiger partial charge in [0.2, 0.25) is 0 Å². The topological polar surface area (TPSA) is 66.5 Å². The fourth-order valence-corrected chi connectivity index (χ4v) is 2.42. The van der Waals surface area contributed by atoms with E-state index in [0.717, 1.165) is 6.42 Å². The van der Waals surface area contributed by atoms with E-state index < -0.39 is 16.1 Å². The molecule has 0 aromatic heterocycles. The molecule has 0 saturated heterocycles. The van der Waals surface area contributed by atoms with Crippen molar-refractivity contribution in [2.45, 2.75) is 18.2 Å². The lowest BCUT2D eigenvalue weighted by Crippen LogP contribution is -2.41. The molecular formula is C11H15ClN2O3S. The quantitative estimate of drug-likeness (QED) is 0.923. The molecule has 0 bridgehead atoms. The molecule has 0 spiro atoms. The lowest BCUT2D eigenvalue weighted by molar-refractivity contribution is 0.228. The molecule has 0 aliphatic rings. The van der Waals surface area contributed by atoms with E-state index in [1.54, 1.807) is 0 Å². The largest absolute Gasteiger partial charge is 0.337 e. The lowest BCUT2D eigenvalue weighted by atomic mass is 10.4. The zero-order valence-electron chi connectivity index (χ0n) is 10.2. The second-order valence-electron chi connectivity index (χ2n) is 3.66. The summed E-state index contributed by atoms with van der Waals surface area (Å²) < 4.78 is 24.8. The predicted octanol–water partition coefficient (Wildman–Crippen LogP) is 2.08. The van der Waals surface area contributed by atoms with Gasteiger partial charge in [-0.25, -0.2) is 17.5 Å². The maximum atomic E-state index is 12.1. The van der Waals surface area contributed by atoms with Crippen molar-refractivity contribution in [1.82, 2.24) is 9.62 Å². The van der Waals surface area contributed by atoms with E-state index in [1.807, 2.05) is 6.92 Å². The molecule has 18 heavy (non-hydrogen) atoms. The van der Waals surface area contributed by atoms with Crippen LogP contribution in [0.3, 0.4) is 0 Å². The lowest BCUT2D eigenvalue weighted by Gasteiger charge is -2.18. The first-order chi connectivity index (χ1) is 8.39. The molecule has 0 unspecified atom stereocenters. The van der Waals surface area contributed by atoms with Gasteiger partial charge in [-0.1, -0.05) is 18.5 Å². The number of nitrogens with zero attached hydrogens (tertiary/aromatic N) is 1. The van der Waals surface area contributed by atoms with Crippen molar-refractivity contribution in [2.75, 3.05) is 13.6 Å². The van der Waals surface area contributed by atoms with Crippen LogP contribution < -0.4 is 5.32 Å². The molecule has 0 saturated carbocycles. The first-order valence-electron chi connectivity index (χ1n) is 5.42. The van der Waals surface area contributed by atoms with E-state index in [0.29, 0.717) is 15.9 Å². The van der Waals surface area contributed by atoms with Crippen molar-refractivity contribution in [3.8, 4) is 0 Å². The number of sulfonamides is 1. The number of urea groups is 1. The summed E-state index contributed by atoms with van der Waals surface area (Å²) in [6.07, 6.45) is 0.737. The molecule has 1 N–H and O–H groups in total. The molecule has 1 rings (SSSR count). The number of hydrogen-bond acceptors (Lipinski definition) is 3. The molecule has 2 amide bonds. The third-order valence-corrected chi connectivity index (χ3v) is 4.29. The highest BCUT2D eigenvalue weighted by atomic mass is 35.5. The van der Waals surface area contributed by atoms with Crippen LogP contribution in [0.1, 0.15) is 13.3 Å². The minimum atomic E-state index is -3.82. The Morgan fingerprint density at radius 3 is 2.39 bits per heavy atom. The van der Waals surface area contributed by atoms with Crippen LogP contribution in [0.2, 0.25) is 5.02 Å². The summed E-state index contributed by atoms with van der Waals surface area (Å²) in [4.78, 5) is 11.6. The van der Waals surface area contributed by atoms with Gasteiger partial charge in [0.15, 0.2) is 0 Å². The molecule has 0 heterocycles. The summed E-state index contributed by atoms with van der Waals surface area (Å²) in [5.74, 6) is 0. The van der Waals surface area contributed by atoms with Crippen LogP contribution in [0.4, 0.5) is 4.79 Å². The second-order valence-corrected chi connectivity index (χ2v) is 6.06. The predicted molar refractivity (Wildman–Crippen MR) is 70.1 cm³/mol. The van der Waals surface area contributed by atoms with Gasteiger partial charge in [-0.05, 0) is 30.7 Å². The van der Waals surface area contributed by atoms with Gasteiger partial charge in [0, 0.05) is 18.6 Å². The maximum absolute atomic E-state index is 12.1. The summed E-state index contributed by atoms with van der Waals surface area (Å²) in [5.41, 5.74) is 0. The van der Waals surface area contributed by atoms with Gasteiger partial charge in [0.1, 0.15) is 0 Å². The van der Waals surface area contributed by atoms with Crippen molar-refractivity contribution in [2.24, 2.45) is 0 Å². The van der Waals surface area contributed by atoms with Crippen molar-refractivity contribution < 1.29 is 13.2 Å². The number of carbonyl (C=O) groups excluding carboxylic acids is 1. The molecule has 0 aliphatic heterocycles. The Kier molecular flexibility index (Phi) is 4.98. The minimum absolute atomic E-state index is 0.0287. The van der Waals surface area contributed by atoms with Gasteiger partial charge >= 0.3 is 6.03 Å². The van der Waals surface area contributed by atoms with Gasteiger partial charge in [-0.2, -0.15) is 0 Å². The molecular weight excluding hydrogens is 276 g/mol. The first-order valence-corrected chi connectivity index (χ1v) is 7.23. The van der Waals surface area contributed by atoms with E-state index in [4.69, 9.17) is 11.6 Å². The van der Waals surface area contributed by atoms with Crippen molar-refractivity contribution in [1.29, 1.82) is 0 Å². The van der Waals surface area contributed by atoms with Gasteiger partial charge in [0.25, 0.3) is 10.0 Å². The van der Waals surface area contributed by atoms with E-state index in [9.17, 15) is 13.2 Å². The van der Waals surface area contributed by atoms with E-state index >= 15 is 0 Å². The summed E-state index contributed by atoms with van der Waals surface area (Å²) >= 11 is 5.68. The van der Waals surface area contributed by atoms with Crippen molar-refractivity contribution >= 4 is 27.7 Å². The molecule has 100 valence electrons. The van der Waals surface area contributed by atoms with Crippen molar-refractivity contribution in [3.63, 3.8) is 0 Å². The number of carbonyl (C=O) groups is 1. The number of benzene rings is 1. The average Bonchev–Trinajstić information content (AvgIpc) is 2.35. The Labute approximate surface area is 112 Å². The van der Waals surface area contributed by atoms with Crippen LogP contribution in [0.15, 0.2) is 29.2 Å². The van der Waals surface area contributed by atoms with E-state index in [2.05, 4.69) is 5.32 Å². The Morgan fingerprint density at radius 1 is 1.33 bits per heavy atom. The Balaban J connectivity index is 2.92. The first kappa shape index (κ1) is 14.8. The number of nitrogens with one attached hydrogen (secondary N) is 1. The highest BCUT2D eigenvalue weighted by Gasteiger charge is 2.24. The highest BCUT2D eigenvalue weighted by Crippen LogP contribution is 2.17. The van der Waals surface area contributed by atoms with Crippen LogP contribution in [0, 0.1) is 0 Å². The monoisotopic (exact) mass is 290 g/mol. The number of amides is 2. The maximum Gasteiger partial charge on any atom is 0.331 e. The van der Waals surface area contributed by atoms with Crippen LogP contribution in [-0.2, 0) is 10.0 Å². The molecule has 1 aromatic carbocycles. The third-order valence-electron chi connectivity index (χ3n) is 2.28. The Morgan fingerprint density at radius 2 is 1.89 bits per heavy atom. The third kappa shape index (κ3) is 3.36. The Bertz CT molecular complexity index is 514. The highest BCUT2D eigenvalue weighted by molar-refractivity contribution is 7.89. The molecule has 0 atom stereocenters. The summed E-state index contributed by atoms with van der Waals surface area (Å²) in [7, 11) is -2.61. The van der Waals surface area contributed by atoms with Crippen LogP contribution >= 0.6 is 11.6 Å². The zero-order valence-corrected chi connectivity index (χ0v) is 11.8. The van der Waals surface area contributed by atoms with Crippen LogP contribution in [0.5, 0.6) is 0 Å². The summed E-state index contributed by atoms with van der Waals surface area (Å²) in [5, 5.41) is 2.94. The molecule has 0 aliphatic carbocycles. The standard InChI is InChI=1S/C11H15ClN2O3S/c1-3-8-13-11(15)14(2)18(16,17)10-6-4-9(12)5-7-10/h4-7H,3,8H2,1-2H3,(H,13,15). The van der Waals surface area contributed by atoms with Gasteiger partial charge in [-0.15, -0.1) is 0 Å². The van der Waals surface area contributed by atoms with Crippen molar-refractivity contribution in [3.05, 3.63) is 29.3 Å². The number of hydrogen-bond donors (Lipinski definition) is 1. The SMILES string of the molecule is CCCNC(=O)N(C)S(=O)(=O)c1ccc(Cl)cc1. The molecule has 5 nitrogen and oxygen atoms in total. The van der Waals surface area contributed by atoms with Gasteiger partial charge < -0.3 is 5.32 Å². The zero-order chi connectivity index (χ0) is 13.8.